The lowest BCUT2D eigenvalue weighted by atomic mass is 9.94. The molecule has 172 valence electrons. The van der Waals surface area contributed by atoms with Gasteiger partial charge in [-0.25, -0.2) is 9.59 Å². The van der Waals surface area contributed by atoms with Gasteiger partial charge in [0.1, 0.15) is 6.04 Å². The molecule has 2 aromatic carbocycles. The standard InChI is InChI=1S/C24H26ClF2NO4/c1-3-23(12-13-23)15-19(21(29)31-2)28-22(30)32-20(16-8-5-4-6-9-16)24(26,27)17-10-7-11-18(25)14-17/h4-11,14,19-20H,3,12-13,15H2,1-2H3,(H,28,30)/t19-,20?/m0/s1. The number of nitrogens with one attached hydrogen (secondary N) is 1. The van der Waals surface area contributed by atoms with Gasteiger partial charge >= 0.3 is 18.0 Å². The third-order valence-electron chi connectivity index (χ3n) is 5.99. The number of carbonyl (C=O) groups is 2. The molecular weight excluding hydrogens is 440 g/mol. The van der Waals surface area contributed by atoms with Crippen LogP contribution in [0.3, 0.4) is 0 Å². The molecule has 0 heterocycles. The number of alkyl halides is 2. The minimum Gasteiger partial charge on any atom is -0.467 e. The van der Waals surface area contributed by atoms with Gasteiger partial charge in [-0.15, -0.1) is 0 Å². The van der Waals surface area contributed by atoms with E-state index in [9.17, 15) is 9.59 Å². The third kappa shape index (κ3) is 5.57. The van der Waals surface area contributed by atoms with Crippen molar-refractivity contribution in [2.75, 3.05) is 7.11 Å². The Labute approximate surface area is 191 Å². The van der Waals surface area contributed by atoms with Crippen molar-refractivity contribution in [2.45, 2.75) is 50.7 Å². The van der Waals surface area contributed by atoms with Crippen molar-refractivity contribution in [1.82, 2.24) is 5.32 Å². The molecule has 32 heavy (non-hydrogen) atoms. The second kappa shape index (κ2) is 9.86. The first kappa shape index (κ1) is 24.0. The van der Waals surface area contributed by atoms with Crippen molar-refractivity contribution in [2.24, 2.45) is 5.41 Å². The zero-order valence-corrected chi connectivity index (χ0v) is 18.7. The Hall–Kier alpha value is -2.67. The molecule has 1 amide bonds. The lowest BCUT2D eigenvalue weighted by molar-refractivity contribution is -0.144. The summed E-state index contributed by atoms with van der Waals surface area (Å²) >= 11 is 5.90. The van der Waals surface area contributed by atoms with Crippen LogP contribution >= 0.6 is 11.6 Å². The van der Waals surface area contributed by atoms with Crippen molar-refractivity contribution in [3.05, 3.63) is 70.7 Å². The Bertz CT molecular complexity index is 950. The monoisotopic (exact) mass is 465 g/mol. The van der Waals surface area contributed by atoms with Crippen molar-refractivity contribution in [3.63, 3.8) is 0 Å². The number of rotatable bonds is 9. The first-order valence-electron chi connectivity index (χ1n) is 10.4. The van der Waals surface area contributed by atoms with Crippen LogP contribution in [-0.4, -0.2) is 25.2 Å². The van der Waals surface area contributed by atoms with E-state index in [4.69, 9.17) is 21.1 Å². The van der Waals surface area contributed by atoms with Gasteiger partial charge in [0, 0.05) is 10.6 Å². The summed E-state index contributed by atoms with van der Waals surface area (Å²) < 4.78 is 41.0. The maximum Gasteiger partial charge on any atom is 0.408 e. The number of ether oxygens (including phenoxy) is 2. The van der Waals surface area contributed by atoms with Gasteiger partial charge in [0.2, 0.25) is 0 Å². The summed E-state index contributed by atoms with van der Waals surface area (Å²) in [6.07, 6.45) is 0.0349. The molecule has 1 unspecified atom stereocenters. The van der Waals surface area contributed by atoms with Gasteiger partial charge in [0.05, 0.1) is 7.11 Å². The lowest BCUT2D eigenvalue weighted by Crippen LogP contribution is -2.44. The summed E-state index contributed by atoms with van der Waals surface area (Å²) in [6, 6.07) is 12.0. The van der Waals surface area contributed by atoms with E-state index in [0.29, 0.717) is 6.42 Å². The molecule has 1 aliphatic carbocycles. The van der Waals surface area contributed by atoms with E-state index < -0.39 is 30.1 Å². The molecule has 5 nitrogen and oxygen atoms in total. The van der Waals surface area contributed by atoms with Crippen LogP contribution in [0.2, 0.25) is 5.02 Å². The van der Waals surface area contributed by atoms with Gasteiger partial charge < -0.3 is 14.8 Å². The summed E-state index contributed by atoms with van der Waals surface area (Å²) in [7, 11) is 1.22. The van der Waals surface area contributed by atoms with Crippen LogP contribution in [0.15, 0.2) is 54.6 Å². The maximum absolute atomic E-state index is 15.5. The summed E-state index contributed by atoms with van der Waals surface area (Å²) in [5, 5.41) is 2.58. The van der Waals surface area contributed by atoms with Crippen LogP contribution in [0.4, 0.5) is 13.6 Å². The minimum atomic E-state index is -3.58. The number of methoxy groups -OCH3 is 1. The molecule has 0 aromatic heterocycles. The predicted octanol–water partition coefficient (Wildman–Crippen LogP) is 6.02. The van der Waals surface area contributed by atoms with Crippen molar-refractivity contribution >= 4 is 23.7 Å². The smallest absolute Gasteiger partial charge is 0.408 e. The number of halogens is 3. The molecule has 3 rings (SSSR count). The Morgan fingerprint density at radius 1 is 1.16 bits per heavy atom. The highest BCUT2D eigenvalue weighted by Crippen LogP contribution is 2.52. The molecule has 0 bridgehead atoms. The van der Waals surface area contributed by atoms with Crippen molar-refractivity contribution in [1.29, 1.82) is 0 Å². The summed E-state index contributed by atoms with van der Waals surface area (Å²) in [5.74, 6) is -4.22. The highest BCUT2D eigenvalue weighted by molar-refractivity contribution is 6.30. The van der Waals surface area contributed by atoms with E-state index in [-0.39, 0.29) is 21.6 Å². The molecule has 1 fully saturated rings. The van der Waals surface area contributed by atoms with Crippen LogP contribution in [0.5, 0.6) is 0 Å². The van der Waals surface area contributed by atoms with Gasteiger partial charge in [0.25, 0.3) is 0 Å². The van der Waals surface area contributed by atoms with Gasteiger partial charge in [-0.3, -0.25) is 0 Å². The largest absolute Gasteiger partial charge is 0.467 e. The minimum absolute atomic E-state index is 0.0459. The summed E-state index contributed by atoms with van der Waals surface area (Å²) in [4.78, 5) is 24.9. The molecule has 2 aromatic rings. The van der Waals surface area contributed by atoms with Gasteiger partial charge in [-0.1, -0.05) is 67.4 Å². The van der Waals surface area contributed by atoms with Crippen LogP contribution in [0.1, 0.15) is 49.8 Å². The average Bonchev–Trinajstić information content (AvgIpc) is 3.57. The van der Waals surface area contributed by atoms with E-state index >= 15 is 8.78 Å². The number of esters is 1. The molecule has 0 aliphatic heterocycles. The molecule has 1 N–H and O–H groups in total. The maximum atomic E-state index is 15.5. The number of alkyl carbamates (subject to hydrolysis) is 1. The van der Waals surface area contributed by atoms with Gasteiger partial charge in [-0.05, 0) is 42.4 Å². The highest BCUT2D eigenvalue weighted by atomic mass is 35.5. The molecule has 1 aliphatic rings. The van der Waals surface area contributed by atoms with Crippen LogP contribution in [-0.2, 0) is 20.2 Å². The normalized spacial score (nSPS) is 16.5. The second-order valence-electron chi connectivity index (χ2n) is 8.11. The van der Waals surface area contributed by atoms with E-state index in [0.717, 1.165) is 25.3 Å². The summed E-state index contributed by atoms with van der Waals surface area (Å²) in [5.41, 5.74) is -0.330. The second-order valence-corrected chi connectivity index (χ2v) is 8.54. The van der Waals surface area contributed by atoms with E-state index in [1.807, 2.05) is 6.92 Å². The first-order valence-corrected chi connectivity index (χ1v) is 10.8. The lowest BCUT2D eigenvalue weighted by Gasteiger charge is -2.29. The third-order valence-corrected chi connectivity index (χ3v) is 6.22. The molecular formula is C24H26ClF2NO4. The van der Waals surface area contributed by atoms with Crippen molar-refractivity contribution < 1.29 is 27.8 Å². The molecule has 1 saturated carbocycles. The number of benzene rings is 2. The average molecular weight is 466 g/mol. The number of hydrogen-bond acceptors (Lipinski definition) is 4. The van der Waals surface area contributed by atoms with E-state index in [1.54, 1.807) is 18.2 Å². The number of hydrogen-bond donors (Lipinski definition) is 1. The zero-order valence-electron chi connectivity index (χ0n) is 17.9. The van der Waals surface area contributed by atoms with Gasteiger partial charge in [-0.2, -0.15) is 8.78 Å². The molecule has 0 radical (unpaired) electrons. The predicted molar refractivity (Wildman–Crippen MR) is 117 cm³/mol. The Balaban J connectivity index is 1.84. The topological polar surface area (TPSA) is 64.6 Å². The molecule has 2 atom stereocenters. The van der Waals surface area contributed by atoms with Gasteiger partial charge in [0.15, 0.2) is 6.10 Å². The quantitative estimate of drug-likeness (QED) is 0.460. The van der Waals surface area contributed by atoms with E-state index in [2.05, 4.69) is 5.32 Å². The van der Waals surface area contributed by atoms with Crippen LogP contribution in [0.25, 0.3) is 0 Å². The Morgan fingerprint density at radius 2 is 1.84 bits per heavy atom. The number of carbonyl (C=O) groups excluding carboxylic acids is 2. The molecule has 0 spiro atoms. The highest BCUT2D eigenvalue weighted by Gasteiger charge is 2.47. The van der Waals surface area contributed by atoms with Crippen LogP contribution in [0, 0.1) is 5.41 Å². The van der Waals surface area contributed by atoms with E-state index in [1.165, 1.54) is 37.4 Å². The fraction of sp³-hybridized carbons (Fsp3) is 0.417. The molecule has 8 heteroatoms. The van der Waals surface area contributed by atoms with Crippen LogP contribution < -0.4 is 5.32 Å². The summed E-state index contributed by atoms with van der Waals surface area (Å²) in [6.45, 7) is 2.01. The fourth-order valence-corrected chi connectivity index (χ4v) is 3.95. The van der Waals surface area contributed by atoms with Crippen molar-refractivity contribution in [3.8, 4) is 0 Å². The Morgan fingerprint density at radius 3 is 2.41 bits per heavy atom. The number of amides is 1. The first-order chi connectivity index (χ1) is 15.2. The fourth-order valence-electron chi connectivity index (χ4n) is 3.76. The zero-order chi connectivity index (χ0) is 23.4. The molecule has 0 saturated heterocycles. The SMILES string of the molecule is CCC1(C[C@H](NC(=O)OC(c2ccccc2)C(F)(F)c2cccc(Cl)c2)C(=O)OC)CC1. The Kier molecular flexibility index (Phi) is 7.39.